The first kappa shape index (κ1) is 22.8. The molecular formula is C26H29N3O4. The lowest BCUT2D eigenvalue weighted by atomic mass is 10.1. The van der Waals surface area contributed by atoms with Gasteiger partial charge < -0.3 is 14.2 Å². The van der Waals surface area contributed by atoms with Gasteiger partial charge in [-0.3, -0.25) is 9.69 Å². The fourth-order valence-electron chi connectivity index (χ4n) is 3.66. The molecule has 33 heavy (non-hydrogen) atoms. The topological polar surface area (TPSA) is 72.4 Å². The molecule has 172 valence electrons. The van der Waals surface area contributed by atoms with Crippen molar-refractivity contribution in [3.63, 3.8) is 0 Å². The Balaban J connectivity index is 1.35. The van der Waals surface area contributed by atoms with E-state index in [1.807, 2.05) is 42.2 Å². The molecule has 0 spiro atoms. The summed E-state index contributed by atoms with van der Waals surface area (Å²) in [5, 5.41) is 6.47. The molecule has 4 rings (SSSR count). The standard InChI is InChI=1S/C26H29N3O4/c1-2-32-25-16-20(17-27-28-26(30)18-29-11-13-31-14-12-29)8-10-24(25)33-19-21-7-9-22-5-3-4-6-23(22)15-21/h3-10,15-17H,2,11-14,18-19H2,1H3,(H,28,30)/b27-17-. The Morgan fingerprint density at radius 2 is 1.85 bits per heavy atom. The van der Waals surface area contributed by atoms with Gasteiger partial charge in [-0.1, -0.05) is 36.4 Å². The molecule has 1 aliphatic heterocycles. The van der Waals surface area contributed by atoms with Gasteiger partial charge in [-0.25, -0.2) is 5.43 Å². The van der Waals surface area contributed by atoms with Gasteiger partial charge in [-0.2, -0.15) is 5.10 Å². The highest BCUT2D eigenvalue weighted by Crippen LogP contribution is 2.29. The van der Waals surface area contributed by atoms with Gasteiger partial charge in [0.25, 0.3) is 5.91 Å². The zero-order chi connectivity index (χ0) is 22.9. The molecule has 1 saturated heterocycles. The van der Waals surface area contributed by atoms with E-state index < -0.39 is 0 Å². The predicted molar refractivity (Wildman–Crippen MR) is 129 cm³/mol. The molecule has 7 heteroatoms. The summed E-state index contributed by atoms with van der Waals surface area (Å²) in [4.78, 5) is 14.1. The Morgan fingerprint density at radius 3 is 2.67 bits per heavy atom. The molecule has 3 aromatic carbocycles. The van der Waals surface area contributed by atoms with Gasteiger partial charge in [0.15, 0.2) is 11.5 Å². The van der Waals surface area contributed by atoms with Crippen molar-refractivity contribution in [1.29, 1.82) is 0 Å². The van der Waals surface area contributed by atoms with Crippen molar-refractivity contribution in [2.75, 3.05) is 39.5 Å². The normalized spacial score (nSPS) is 14.5. The van der Waals surface area contributed by atoms with Crippen LogP contribution in [0.4, 0.5) is 0 Å². The van der Waals surface area contributed by atoms with E-state index in [9.17, 15) is 4.79 Å². The van der Waals surface area contributed by atoms with Crippen LogP contribution >= 0.6 is 0 Å². The summed E-state index contributed by atoms with van der Waals surface area (Å²) in [6, 6.07) is 20.2. The van der Waals surface area contributed by atoms with E-state index in [0.29, 0.717) is 44.5 Å². The number of fused-ring (bicyclic) bond motifs is 1. The Hall–Kier alpha value is -3.42. The van der Waals surface area contributed by atoms with Crippen molar-refractivity contribution >= 4 is 22.9 Å². The quantitative estimate of drug-likeness (QED) is 0.401. The number of carbonyl (C=O) groups excluding carboxylic acids is 1. The first-order chi connectivity index (χ1) is 16.2. The number of hydrogen-bond donors (Lipinski definition) is 1. The second kappa shape index (κ2) is 11.4. The molecule has 1 aliphatic rings. The second-order valence-corrected chi connectivity index (χ2v) is 7.79. The summed E-state index contributed by atoms with van der Waals surface area (Å²) in [6.45, 7) is 6.04. The van der Waals surface area contributed by atoms with Crippen LogP contribution in [0.3, 0.4) is 0 Å². The molecule has 7 nitrogen and oxygen atoms in total. The molecule has 0 saturated carbocycles. The minimum atomic E-state index is -0.145. The van der Waals surface area contributed by atoms with Gasteiger partial charge in [0, 0.05) is 13.1 Å². The summed E-state index contributed by atoms with van der Waals surface area (Å²) >= 11 is 0. The van der Waals surface area contributed by atoms with Crippen molar-refractivity contribution in [1.82, 2.24) is 10.3 Å². The van der Waals surface area contributed by atoms with E-state index in [-0.39, 0.29) is 5.91 Å². The van der Waals surface area contributed by atoms with E-state index in [1.54, 1.807) is 6.21 Å². The fraction of sp³-hybridized carbons (Fsp3) is 0.308. The molecule has 0 unspecified atom stereocenters. The number of benzene rings is 3. The smallest absolute Gasteiger partial charge is 0.254 e. The number of nitrogens with one attached hydrogen (secondary N) is 1. The van der Waals surface area contributed by atoms with Crippen LogP contribution in [0.25, 0.3) is 10.8 Å². The van der Waals surface area contributed by atoms with Crippen molar-refractivity contribution in [2.45, 2.75) is 13.5 Å². The van der Waals surface area contributed by atoms with Crippen LogP contribution in [0.15, 0.2) is 65.8 Å². The van der Waals surface area contributed by atoms with E-state index in [2.05, 4.69) is 40.9 Å². The maximum atomic E-state index is 12.1. The average molecular weight is 448 g/mol. The highest BCUT2D eigenvalue weighted by Gasteiger charge is 2.13. The molecule has 1 heterocycles. The lowest BCUT2D eigenvalue weighted by Gasteiger charge is -2.25. The first-order valence-corrected chi connectivity index (χ1v) is 11.2. The van der Waals surface area contributed by atoms with E-state index in [1.165, 1.54) is 10.8 Å². The third kappa shape index (κ3) is 6.54. The first-order valence-electron chi connectivity index (χ1n) is 11.2. The highest BCUT2D eigenvalue weighted by atomic mass is 16.5. The number of morpholine rings is 1. The molecule has 0 radical (unpaired) electrons. The molecule has 1 amide bonds. The third-order valence-corrected chi connectivity index (χ3v) is 5.35. The van der Waals surface area contributed by atoms with Crippen LogP contribution in [-0.4, -0.2) is 56.5 Å². The van der Waals surface area contributed by atoms with Gasteiger partial charge in [-0.15, -0.1) is 0 Å². The highest BCUT2D eigenvalue weighted by molar-refractivity contribution is 5.84. The van der Waals surface area contributed by atoms with Crippen molar-refractivity contribution in [3.8, 4) is 11.5 Å². The second-order valence-electron chi connectivity index (χ2n) is 7.79. The number of hydrogen-bond acceptors (Lipinski definition) is 6. The van der Waals surface area contributed by atoms with Crippen LogP contribution in [0.1, 0.15) is 18.1 Å². The molecular weight excluding hydrogens is 418 g/mol. The van der Waals surface area contributed by atoms with E-state index >= 15 is 0 Å². The van der Waals surface area contributed by atoms with Gasteiger partial charge in [0.05, 0.1) is 32.6 Å². The van der Waals surface area contributed by atoms with Gasteiger partial charge in [0.2, 0.25) is 0 Å². The number of ether oxygens (including phenoxy) is 3. The molecule has 3 aromatic rings. The van der Waals surface area contributed by atoms with Gasteiger partial charge in [-0.05, 0) is 53.1 Å². The largest absolute Gasteiger partial charge is 0.490 e. The lowest BCUT2D eigenvalue weighted by Crippen LogP contribution is -2.42. The zero-order valence-corrected chi connectivity index (χ0v) is 18.8. The van der Waals surface area contributed by atoms with Crippen molar-refractivity contribution in [2.24, 2.45) is 5.10 Å². The number of hydrazone groups is 1. The van der Waals surface area contributed by atoms with E-state index in [0.717, 1.165) is 24.2 Å². The molecule has 0 bridgehead atoms. The van der Waals surface area contributed by atoms with Crippen molar-refractivity contribution in [3.05, 3.63) is 71.8 Å². The fourth-order valence-corrected chi connectivity index (χ4v) is 3.66. The van der Waals surface area contributed by atoms with Crippen LogP contribution in [0.2, 0.25) is 0 Å². The average Bonchev–Trinajstić information content (AvgIpc) is 2.84. The predicted octanol–water partition coefficient (Wildman–Crippen LogP) is 3.60. The Bertz CT molecular complexity index is 1110. The number of nitrogens with zero attached hydrogens (tertiary/aromatic N) is 2. The van der Waals surface area contributed by atoms with Crippen LogP contribution in [0, 0.1) is 0 Å². The Morgan fingerprint density at radius 1 is 1.03 bits per heavy atom. The summed E-state index contributed by atoms with van der Waals surface area (Å²) in [5.41, 5.74) is 4.48. The summed E-state index contributed by atoms with van der Waals surface area (Å²) in [7, 11) is 0. The minimum Gasteiger partial charge on any atom is -0.490 e. The minimum absolute atomic E-state index is 0.145. The monoisotopic (exact) mass is 447 g/mol. The zero-order valence-electron chi connectivity index (χ0n) is 18.8. The maximum Gasteiger partial charge on any atom is 0.254 e. The Labute approximate surface area is 193 Å². The molecule has 0 aliphatic carbocycles. The lowest BCUT2D eigenvalue weighted by molar-refractivity contribution is -0.123. The summed E-state index contributed by atoms with van der Waals surface area (Å²) < 4.78 is 17.1. The summed E-state index contributed by atoms with van der Waals surface area (Å²) in [6.07, 6.45) is 1.60. The van der Waals surface area contributed by atoms with Gasteiger partial charge in [0.1, 0.15) is 6.61 Å². The van der Waals surface area contributed by atoms with Gasteiger partial charge >= 0.3 is 0 Å². The van der Waals surface area contributed by atoms with Crippen LogP contribution in [0.5, 0.6) is 11.5 Å². The number of rotatable bonds is 9. The molecule has 1 N–H and O–H groups in total. The van der Waals surface area contributed by atoms with E-state index in [4.69, 9.17) is 14.2 Å². The number of amides is 1. The molecule has 1 fully saturated rings. The SMILES string of the molecule is CCOc1cc(/C=N\NC(=O)CN2CCOCC2)ccc1OCc1ccc2ccccc2c1. The van der Waals surface area contributed by atoms with Crippen LogP contribution < -0.4 is 14.9 Å². The molecule has 0 aromatic heterocycles. The Kier molecular flexibility index (Phi) is 7.90. The van der Waals surface area contributed by atoms with Crippen molar-refractivity contribution < 1.29 is 19.0 Å². The molecule has 0 atom stereocenters. The number of carbonyl (C=O) groups is 1. The third-order valence-electron chi connectivity index (χ3n) is 5.35. The van der Waals surface area contributed by atoms with Crippen LogP contribution in [-0.2, 0) is 16.1 Å². The summed E-state index contributed by atoms with van der Waals surface area (Å²) in [5.74, 6) is 1.16. The maximum absolute atomic E-state index is 12.1.